The quantitative estimate of drug-likeness (QED) is 0.314. The van der Waals surface area contributed by atoms with Gasteiger partial charge in [-0.2, -0.15) is 0 Å². The van der Waals surface area contributed by atoms with Crippen molar-refractivity contribution < 1.29 is 4.79 Å². The lowest BCUT2D eigenvalue weighted by Crippen LogP contribution is -2.11. The third-order valence-electron chi connectivity index (χ3n) is 6.46. The summed E-state index contributed by atoms with van der Waals surface area (Å²) >= 11 is 1.71. The standard InChI is InChI=1S/C29H21N2OS/c1-18-11-12-19-6-2-3-7-21(19)24(18)17-31-25-9-4-8-23(29(30)32)28(25)22-14-13-20(16-26(22)31)27-10-5-15-33-27/h2-13,15-16H,17H2,1H3,(H2,30,32). The van der Waals surface area contributed by atoms with E-state index in [4.69, 9.17) is 5.73 Å². The van der Waals surface area contributed by atoms with Crippen molar-refractivity contribution in [3.05, 3.63) is 107 Å². The molecular weight excluding hydrogens is 424 g/mol. The van der Waals surface area contributed by atoms with Gasteiger partial charge in [0.2, 0.25) is 5.91 Å². The Balaban J connectivity index is 1.68. The van der Waals surface area contributed by atoms with Crippen LogP contribution in [0.15, 0.2) is 84.2 Å². The summed E-state index contributed by atoms with van der Waals surface area (Å²) in [4.78, 5) is 13.5. The summed E-state index contributed by atoms with van der Waals surface area (Å²) in [5.74, 6) is -0.420. The molecule has 1 radical (unpaired) electrons. The van der Waals surface area contributed by atoms with Gasteiger partial charge in [-0.1, -0.05) is 48.5 Å². The molecule has 2 N–H and O–H groups in total. The molecule has 0 aliphatic heterocycles. The van der Waals surface area contributed by atoms with Crippen LogP contribution in [0.25, 0.3) is 43.0 Å². The summed E-state index contributed by atoms with van der Waals surface area (Å²) in [6.45, 7) is 2.85. The van der Waals surface area contributed by atoms with Gasteiger partial charge in [-0.25, -0.2) is 0 Å². The second kappa shape index (κ2) is 7.61. The van der Waals surface area contributed by atoms with Gasteiger partial charge in [0, 0.05) is 27.8 Å². The van der Waals surface area contributed by atoms with Crippen molar-refractivity contribution in [3.63, 3.8) is 0 Å². The molecule has 0 unspecified atom stereocenters. The maximum Gasteiger partial charge on any atom is 0.249 e. The number of carbonyl (C=O) groups excluding carboxylic acids is 1. The first kappa shape index (κ1) is 19.8. The van der Waals surface area contributed by atoms with Gasteiger partial charge in [0.05, 0.1) is 11.0 Å². The lowest BCUT2D eigenvalue weighted by Gasteiger charge is -2.14. The molecule has 0 aliphatic carbocycles. The van der Waals surface area contributed by atoms with Crippen LogP contribution in [0, 0.1) is 13.0 Å². The van der Waals surface area contributed by atoms with Crippen LogP contribution in [-0.2, 0) is 6.54 Å². The van der Waals surface area contributed by atoms with Crippen LogP contribution in [0.4, 0.5) is 0 Å². The van der Waals surface area contributed by atoms with Crippen molar-refractivity contribution >= 4 is 49.8 Å². The SMILES string of the molecule is Cc1ccc2ccccc2c1Cn1c2cc(-c3cccs3)c[c]c2c2c(C(N)=O)cccc21. The number of fused-ring (bicyclic) bond motifs is 4. The van der Waals surface area contributed by atoms with Gasteiger partial charge < -0.3 is 10.3 Å². The van der Waals surface area contributed by atoms with E-state index < -0.39 is 5.91 Å². The Hall–Kier alpha value is -3.89. The van der Waals surface area contributed by atoms with Crippen LogP contribution >= 0.6 is 11.3 Å². The minimum atomic E-state index is -0.420. The van der Waals surface area contributed by atoms with Gasteiger partial charge in [0.1, 0.15) is 0 Å². The highest BCUT2D eigenvalue weighted by Gasteiger charge is 2.18. The minimum absolute atomic E-state index is 0.420. The van der Waals surface area contributed by atoms with E-state index in [1.165, 1.54) is 26.8 Å². The second-order valence-electron chi connectivity index (χ2n) is 8.36. The number of aromatic nitrogens is 1. The van der Waals surface area contributed by atoms with E-state index >= 15 is 0 Å². The molecule has 0 atom stereocenters. The number of aryl methyl sites for hydroxylation is 1. The van der Waals surface area contributed by atoms with E-state index in [1.807, 2.05) is 12.1 Å². The second-order valence-corrected chi connectivity index (χ2v) is 9.31. The minimum Gasteiger partial charge on any atom is -0.366 e. The molecule has 0 saturated carbocycles. The molecule has 3 nitrogen and oxygen atoms in total. The third-order valence-corrected chi connectivity index (χ3v) is 7.38. The molecule has 6 rings (SSSR count). The molecule has 4 aromatic carbocycles. The first-order valence-electron chi connectivity index (χ1n) is 10.9. The number of benzene rings is 4. The molecular formula is C29H21N2OS. The van der Waals surface area contributed by atoms with E-state index in [0.717, 1.165) is 27.4 Å². The number of hydrogen-bond acceptors (Lipinski definition) is 2. The van der Waals surface area contributed by atoms with Crippen LogP contribution in [0.3, 0.4) is 0 Å². The predicted molar refractivity (Wildman–Crippen MR) is 138 cm³/mol. The van der Waals surface area contributed by atoms with Crippen molar-refractivity contribution in [1.29, 1.82) is 0 Å². The highest BCUT2D eigenvalue weighted by Crippen LogP contribution is 2.36. The van der Waals surface area contributed by atoms with E-state index in [2.05, 4.69) is 83.6 Å². The van der Waals surface area contributed by atoms with Gasteiger partial charge in [0.15, 0.2) is 0 Å². The maximum atomic E-state index is 12.3. The predicted octanol–water partition coefficient (Wildman–Crippen LogP) is 6.93. The fourth-order valence-electron chi connectivity index (χ4n) is 4.83. The molecule has 33 heavy (non-hydrogen) atoms. The van der Waals surface area contributed by atoms with Crippen molar-refractivity contribution in [2.24, 2.45) is 5.73 Å². The molecule has 0 saturated heterocycles. The molecule has 159 valence electrons. The van der Waals surface area contributed by atoms with E-state index in [9.17, 15) is 4.79 Å². The molecule has 0 bridgehead atoms. The largest absolute Gasteiger partial charge is 0.366 e. The molecule has 0 fully saturated rings. The third kappa shape index (κ3) is 3.14. The summed E-state index contributed by atoms with van der Waals surface area (Å²) in [6, 6.07) is 30.5. The topological polar surface area (TPSA) is 48.0 Å². The molecule has 2 heterocycles. The number of hydrogen-bond donors (Lipinski definition) is 1. The lowest BCUT2D eigenvalue weighted by molar-refractivity contribution is 0.100. The number of thiophene rings is 1. The smallest absolute Gasteiger partial charge is 0.249 e. The monoisotopic (exact) mass is 445 g/mol. The number of rotatable bonds is 4. The van der Waals surface area contributed by atoms with Crippen molar-refractivity contribution in [2.75, 3.05) is 0 Å². The number of nitrogens with zero attached hydrogens (tertiary/aromatic N) is 1. The van der Waals surface area contributed by atoms with Crippen LogP contribution < -0.4 is 5.73 Å². The highest BCUT2D eigenvalue weighted by atomic mass is 32.1. The van der Waals surface area contributed by atoms with Crippen LogP contribution in [0.2, 0.25) is 0 Å². The van der Waals surface area contributed by atoms with Crippen LogP contribution in [0.1, 0.15) is 21.5 Å². The zero-order valence-electron chi connectivity index (χ0n) is 18.1. The van der Waals surface area contributed by atoms with Crippen LogP contribution in [-0.4, -0.2) is 10.5 Å². The van der Waals surface area contributed by atoms with E-state index in [-0.39, 0.29) is 0 Å². The number of amides is 1. The first-order chi connectivity index (χ1) is 16.1. The summed E-state index contributed by atoms with van der Waals surface area (Å²) in [6.07, 6.45) is 0. The lowest BCUT2D eigenvalue weighted by atomic mass is 9.99. The van der Waals surface area contributed by atoms with Gasteiger partial charge >= 0.3 is 0 Å². The summed E-state index contributed by atoms with van der Waals surface area (Å²) in [7, 11) is 0. The zero-order valence-corrected chi connectivity index (χ0v) is 18.9. The van der Waals surface area contributed by atoms with E-state index in [0.29, 0.717) is 12.1 Å². The van der Waals surface area contributed by atoms with Crippen molar-refractivity contribution in [2.45, 2.75) is 13.5 Å². The zero-order chi connectivity index (χ0) is 22.5. The Morgan fingerprint density at radius 3 is 2.70 bits per heavy atom. The Kier molecular flexibility index (Phi) is 4.56. The molecule has 2 aromatic heterocycles. The number of primary amides is 1. The van der Waals surface area contributed by atoms with Gasteiger partial charge in [0.25, 0.3) is 0 Å². The summed E-state index contributed by atoms with van der Waals surface area (Å²) in [5, 5.41) is 6.35. The van der Waals surface area contributed by atoms with Crippen molar-refractivity contribution in [3.8, 4) is 10.4 Å². The summed E-state index contributed by atoms with van der Waals surface area (Å²) < 4.78 is 2.31. The number of nitrogens with two attached hydrogens (primary N) is 1. The Morgan fingerprint density at radius 2 is 1.88 bits per heavy atom. The fourth-order valence-corrected chi connectivity index (χ4v) is 5.54. The molecule has 6 aromatic rings. The molecule has 4 heteroatoms. The van der Waals surface area contributed by atoms with E-state index in [1.54, 1.807) is 17.4 Å². The Labute approximate surface area is 195 Å². The normalized spacial score (nSPS) is 11.5. The van der Waals surface area contributed by atoms with Gasteiger partial charge in [-0.05, 0) is 76.2 Å². The summed E-state index contributed by atoms with van der Waals surface area (Å²) in [5.41, 5.74) is 12.0. The van der Waals surface area contributed by atoms with Gasteiger partial charge in [-0.15, -0.1) is 11.3 Å². The number of carbonyl (C=O) groups is 1. The van der Waals surface area contributed by atoms with Gasteiger partial charge in [-0.3, -0.25) is 4.79 Å². The average molecular weight is 446 g/mol. The van der Waals surface area contributed by atoms with Crippen LogP contribution in [0.5, 0.6) is 0 Å². The Bertz CT molecular complexity index is 1680. The highest BCUT2D eigenvalue weighted by molar-refractivity contribution is 7.13. The fraction of sp³-hybridized carbons (Fsp3) is 0.0690. The first-order valence-corrected chi connectivity index (χ1v) is 11.8. The Morgan fingerprint density at radius 1 is 1.00 bits per heavy atom. The van der Waals surface area contributed by atoms with Crippen molar-refractivity contribution in [1.82, 2.24) is 4.57 Å². The molecule has 0 spiro atoms. The maximum absolute atomic E-state index is 12.3. The molecule has 0 aliphatic rings. The average Bonchev–Trinajstić information content (AvgIpc) is 3.47. The molecule has 1 amide bonds.